The Bertz CT molecular complexity index is 2000. The fourth-order valence-electron chi connectivity index (χ4n) is 8.19. The van der Waals surface area contributed by atoms with Gasteiger partial charge >= 0.3 is 12.1 Å². The number of benzene rings is 1. The van der Waals surface area contributed by atoms with Crippen molar-refractivity contribution in [2.24, 2.45) is 5.92 Å². The van der Waals surface area contributed by atoms with E-state index in [-0.39, 0.29) is 37.5 Å². The number of aryl methyl sites for hydroxylation is 1. The van der Waals surface area contributed by atoms with Gasteiger partial charge in [-0.25, -0.2) is 19.6 Å². The van der Waals surface area contributed by atoms with Crippen LogP contribution in [0.5, 0.6) is 11.5 Å². The molecule has 1 saturated heterocycles. The van der Waals surface area contributed by atoms with E-state index >= 15 is 0 Å². The summed E-state index contributed by atoms with van der Waals surface area (Å²) in [7, 11) is 1.60. The fourth-order valence-corrected chi connectivity index (χ4v) is 9.05. The Labute approximate surface area is 330 Å². The van der Waals surface area contributed by atoms with Crippen molar-refractivity contribution in [3.05, 3.63) is 41.3 Å². The summed E-state index contributed by atoms with van der Waals surface area (Å²) in [4.78, 5) is 65.8. The van der Waals surface area contributed by atoms with Crippen molar-refractivity contribution in [3.63, 3.8) is 0 Å². The van der Waals surface area contributed by atoms with Crippen molar-refractivity contribution in [2.45, 2.75) is 127 Å². The molecule has 14 nitrogen and oxygen atoms in total. The SMILES string of the molecule is COc1ccc2c(O[C@@H]3C[C@H]4C(=O)N[C@]5(C(=O)O)C[C@H]5/C=C\CCCCC[C@H](NC(=O)OC5CCCC5)C(=O)N4C3)cc(-c3csc(NC(C)C)n3)nc2c1C. The average Bonchev–Trinajstić information content (AvgIpc) is 3.59. The Balaban J connectivity index is 1.22. The zero-order valence-electron chi connectivity index (χ0n) is 32.5. The number of aliphatic carboxylic acids is 1. The van der Waals surface area contributed by atoms with Gasteiger partial charge in [0.1, 0.15) is 47.0 Å². The molecule has 0 bridgehead atoms. The third-order valence-corrected chi connectivity index (χ3v) is 12.1. The minimum absolute atomic E-state index is 0.0314. The smallest absolute Gasteiger partial charge is 0.408 e. The molecule has 3 fully saturated rings. The first-order valence-electron chi connectivity index (χ1n) is 19.8. The highest BCUT2D eigenvalue weighted by atomic mass is 32.1. The van der Waals surface area contributed by atoms with Crippen LogP contribution in [0.15, 0.2) is 35.7 Å². The normalized spacial score (nSPS) is 26.4. The van der Waals surface area contributed by atoms with Gasteiger partial charge in [-0.2, -0.15) is 0 Å². The summed E-state index contributed by atoms with van der Waals surface area (Å²) in [5.74, 6) is -1.32. The van der Waals surface area contributed by atoms with Gasteiger partial charge in [-0.05, 0) is 84.3 Å². The molecule has 5 atom stereocenters. The molecular weight excluding hydrogens is 737 g/mol. The summed E-state index contributed by atoms with van der Waals surface area (Å²) in [6, 6.07) is 3.75. The van der Waals surface area contributed by atoms with Gasteiger partial charge in [0, 0.05) is 40.8 Å². The molecule has 2 aromatic heterocycles. The summed E-state index contributed by atoms with van der Waals surface area (Å²) >= 11 is 1.47. The number of fused-ring (bicyclic) bond motifs is 3. The van der Waals surface area contributed by atoms with Crippen LogP contribution in [-0.2, 0) is 19.1 Å². The minimum atomic E-state index is -1.45. The topological polar surface area (TPSA) is 181 Å². The van der Waals surface area contributed by atoms with Gasteiger partial charge in [-0.15, -0.1) is 11.3 Å². The molecule has 2 aliphatic heterocycles. The number of pyridine rings is 1. The number of alkyl carbamates (subject to hydrolysis) is 1. The maximum Gasteiger partial charge on any atom is 0.408 e. The number of thiazole rings is 1. The van der Waals surface area contributed by atoms with E-state index in [1.54, 1.807) is 7.11 Å². The van der Waals surface area contributed by atoms with Crippen LogP contribution in [0.3, 0.4) is 0 Å². The number of rotatable bonds is 9. The molecule has 0 radical (unpaired) electrons. The van der Waals surface area contributed by atoms with Gasteiger partial charge in [-0.3, -0.25) is 9.59 Å². The lowest BCUT2D eigenvalue weighted by Gasteiger charge is -2.29. The summed E-state index contributed by atoms with van der Waals surface area (Å²) in [5, 5.41) is 22.7. The molecule has 56 heavy (non-hydrogen) atoms. The second-order valence-electron chi connectivity index (χ2n) is 15.8. The van der Waals surface area contributed by atoms with Crippen LogP contribution in [-0.4, -0.2) is 93.4 Å². The van der Waals surface area contributed by atoms with Crippen molar-refractivity contribution < 1.29 is 38.5 Å². The molecule has 7 rings (SSSR count). The Kier molecular flexibility index (Phi) is 11.7. The molecule has 2 saturated carbocycles. The largest absolute Gasteiger partial charge is 0.496 e. The lowest BCUT2D eigenvalue weighted by atomic mass is 10.0. The maximum absolute atomic E-state index is 14.6. The second-order valence-corrected chi connectivity index (χ2v) is 16.6. The number of nitrogens with one attached hydrogen (secondary N) is 3. The van der Waals surface area contributed by atoms with E-state index in [0.717, 1.165) is 61.0 Å². The number of carboxylic acids is 1. The van der Waals surface area contributed by atoms with Crippen molar-refractivity contribution in [1.29, 1.82) is 0 Å². The molecule has 1 aromatic carbocycles. The first kappa shape index (κ1) is 39.3. The van der Waals surface area contributed by atoms with Gasteiger partial charge in [-0.1, -0.05) is 25.0 Å². The molecule has 0 unspecified atom stereocenters. The molecule has 4 N–H and O–H groups in total. The summed E-state index contributed by atoms with van der Waals surface area (Å²) in [6.45, 7) is 6.04. The monoisotopic (exact) mass is 788 g/mol. The van der Waals surface area contributed by atoms with Crippen LogP contribution >= 0.6 is 11.3 Å². The van der Waals surface area contributed by atoms with E-state index in [1.807, 2.05) is 56.5 Å². The van der Waals surface area contributed by atoms with Gasteiger partial charge in [0.25, 0.3) is 0 Å². The zero-order valence-corrected chi connectivity index (χ0v) is 33.3. The standard InChI is InChI=1S/C41H52N6O8S/c1-23(2)42-39-44-31(22-56-39)30-19-34(28-16-17-33(53-4)24(3)35(28)43-30)54-27-18-32-36(48)46-41(38(50)51)20-25(41)12-8-6-5-7-9-15-29(37(49)47(32)21-27)45-40(52)55-26-13-10-11-14-26/h8,12,16-17,19,22-23,25-27,29,32H,5-7,9-11,13-15,18,20-21H2,1-4H3,(H,42,44)(H,45,52)(H,46,48)(H,50,51)/b12-8-/t25-,27-,29+,32+,41-/m1/s1. The molecule has 300 valence electrons. The number of carbonyl (C=O) groups is 4. The van der Waals surface area contributed by atoms with Crippen molar-refractivity contribution in [2.75, 3.05) is 19.0 Å². The highest BCUT2D eigenvalue weighted by Crippen LogP contribution is 2.46. The second kappa shape index (κ2) is 16.7. The van der Waals surface area contributed by atoms with Crippen LogP contribution in [0.1, 0.15) is 90.0 Å². The Morgan fingerprint density at radius 1 is 1.04 bits per heavy atom. The number of methoxy groups -OCH3 is 1. The number of aromatic nitrogens is 2. The lowest BCUT2D eigenvalue weighted by Crippen LogP contribution is -2.56. The number of carboxylic acid groups (broad SMARTS) is 1. The van der Waals surface area contributed by atoms with E-state index < -0.39 is 47.6 Å². The number of carbonyl (C=O) groups excluding carboxylic acids is 3. The van der Waals surface area contributed by atoms with Crippen molar-refractivity contribution >= 4 is 51.2 Å². The van der Waals surface area contributed by atoms with Crippen LogP contribution in [0.2, 0.25) is 0 Å². The van der Waals surface area contributed by atoms with E-state index in [1.165, 1.54) is 16.2 Å². The van der Waals surface area contributed by atoms with Gasteiger partial charge in [0.15, 0.2) is 5.13 Å². The minimum Gasteiger partial charge on any atom is -0.496 e. The van der Waals surface area contributed by atoms with Crippen LogP contribution in [0.4, 0.5) is 9.93 Å². The zero-order chi connectivity index (χ0) is 39.6. The van der Waals surface area contributed by atoms with Crippen molar-refractivity contribution in [3.8, 4) is 22.9 Å². The number of anilines is 1. The molecule has 4 aliphatic rings. The summed E-state index contributed by atoms with van der Waals surface area (Å²) < 4.78 is 18.1. The third kappa shape index (κ3) is 8.42. The number of nitrogens with zero attached hydrogens (tertiary/aromatic N) is 3. The average molecular weight is 789 g/mol. The fraction of sp³-hybridized carbons (Fsp3) is 0.561. The molecule has 3 amide bonds. The van der Waals surface area contributed by atoms with Crippen LogP contribution < -0.4 is 25.4 Å². The van der Waals surface area contributed by atoms with E-state index in [2.05, 4.69) is 16.0 Å². The van der Waals surface area contributed by atoms with Gasteiger partial charge in [0.05, 0.1) is 24.9 Å². The third-order valence-electron chi connectivity index (χ3n) is 11.3. The summed E-state index contributed by atoms with van der Waals surface area (Å²) in [5.41, 5.74) is 1.26. The van der Waals surface area contributed by atoms with E-state index in [4.69, 9.17) is 24.2 Å². The Morgan fingerprint density at radius 3 is 2.57 bits per heavy atom. The van der Waals surface area contributed by atoms with E-state index in [9.17, 15) is 24.3 Å². The summed E-state index contributed by atoms with van der Waals surface area (Å²) in [6.07, 6.45) is 9.71. The number of allylic oxidation sites excluding steroid dienone is 1. The number of amides is 3. The molecule has 2 aliphatic carbocycles. The molecular formula is C41H52N6O8S. The highest BCUT2D eigenvalue weighted by Gasteiger charge is 2.61. The Hall–Kier alpha value is -4.92. The van der Waals surface area contributed by atoms with Crippen LogP contribution in [0.25, 0.3) is 22.3 Å². The first-order chi connectivity index (χ1) is 26.9. The number of hydrogen-bond donors (Lipinski definition) is 4. The molecule has 4 heterocycles. The quantitative estimate of drug-likeness (QED) is 0.177. The van der Waals surface area contributed by atoms with Crippen molar-refractivity contribution in [1.82, 2.24) is 25.5 Å². The van der Waals surface area contributed by atoms with Gasteiger partial charge < -0.3 is 40.2 Å². The Morgan fingerprint density at radius 2 is 1.82 bits per heavy atom. The van der Waals surface area contributed by atoms with Crippen LogP contribution in [0, 0.1) is 12.8 Å². The lowest BCUT2D eigenvalue weighted by molar-refractivity contribution is -0.145. The maximum atomic E-state index is 14.6. The molecule has 3 aromatic rings. The predicted octanol–water partition coefficient (Wildman–Crippen LogP) is 6.36. The number of ether oxygens (including phenoxy) is 3. The van der Waals surface area contributed by atoms with Gasteiger partial charge in [0.2, 0.25) is 11.8 Å². The predicted molar refractivity (Wildman–Crippen MR) is 212 cm³/mol. The molecule has 15 heteroatoms. The highest BCUT2D eigenvalue weighted by molar-refractivity contribution is 7.14. The molecule has 0 spiro atoms. The number of hydrogen-bond acceptors (Lipinski definition) is 11. The first-order valence-corrected chi connectivity index (χ1v) is 20.7. The van der Waals surface area contributed by atoms with E-state index in [0.29, 0.717) is 41.2 Å².